The summed E-state index contributed by atoms with van der Waals surface area (Å²) >= 11 is 0. The lowest BCUT2D eigenvalue weighted by Gasteiger charge is -2.55. The highest BCUT2D eigenvalue weighted by Crippen LogP contribution is 2.51. The average molecular weight is 316 g/mol. The molecular weight excluding hydrogens is 300 g/mol. The molecule has 1 aliphatic carbocycles. The molecule has 0 N–H and O–H groups in total. The van der Waals surface area contributed by atoms with Crippen molar-refractivity contribution >= 4 is 20.0 Å². The Bertz CT molecular complexity index is 733. The van der Waals surface area contributed by atoms with Crippen molar-refractivity contribution in [3.63, 3.8) is 0 Å². The predicted octanol–water partition coefficient (Wildman–Crippen LogP) is 1.13. The molecule has 20 heavy (non-hydrogen) atoms. The van der Waals surface area contributed by atoms with Gasteiger partial charge in [-0.15, -0.1) is 0 Å². The molecule has 1 aromatic carbocycles. The third-order valence-electron chi connectivity index (χ3n) is 4.33. The molecule has 1 aliphatic heterocycles. The second kappa shape index (κ2) is 4.29. The summed E-state index contributed by atoms with van der Waals surface area (Å²) in [6.45, 7) is 3.70. The molecule has 0 amide bonds. The average Bonchev–Trinajstić information content (AvgIpc) is 2.35. The van der Waals surface area contributed by atoms with Crippen LogP contribution >= 0.6 is 0 Å². The quantitative estimate of drug-likeness (QED) is 0.781. The molecule has 0 bridgehead atoms. The molecule has 1 saturated carbocycles. The summed E-state index contributed by atoms with van der Waals surface area (Å²) in [5, 5.41) is -0.641. The first kappa shape index (κ1) is 14.0. The maximum absolute atomic E-state index is 12.2. The number of sulfone groups is 1. The summed E-state index contributed by atoms with van der Waals surface area (Å²) in [5.74, 6) is 0.172. The van der Waals surface area contributed by atoms with E-state index in [1.54, 1.807) is 12.1 Å². The maximum atomic E-state index is 12.2. The third-order valence-corrected chi connectivity index (χ3v) is 7.95. The molecule has 1 heterocycles. The van der Waals surface area contributed by atoms with Gasteiger partial charge >= 0.3 is 0 Å². The van der Waals surface area contributed by atoms with Gasteiger partial charge in [0.25, 0.3) is 10.1 Å². The van der Waals surface area contributed by atoms with E-state index < -0.39 is 31.3 Å². The highest BCUT2D eigenvalue weighted by Gasteiger charge is 2.65. The lowest BCUT2D eigenvalue weighted by Crippen LogP contribution is -2.69. The van der Waals surface area contributed by atoms with Crippen LogP contribution < -0.4 is 0 Å². The molecule has 7 heteroatoms. The van der Waals surface area contributed by atoms with Crippen LogP contribution in [0.15, 0.2) is 29.2 Å². The standard InChI is InChI=1S/C13H16O5S2/c1-8-3-5-10(6-4-8)20(16,17)18-12-9(2)11-7-19(14,15)13(11)12/h3-6,9,11-13H,7H2,1-2H3/t9-,11-,12+,13+/m1/s1. The Hall–Kier alpha value is -0.920. The van der Waals surface area contributed by atoms with Crippen LogP contribution in [0.5, 0.6) is 0 Å². The minimum Gasteiger partial charge on any atom is -0.261 e. The van der Waals surface area contributed by atoms with E-state index in [1.165, 1.54) is 12.1 Å². The molecule has 1 saturated heterocycles. The Morgan fingerprint density at radius 3 is 2.35 bits per heavy atom. The monoisotopic (exact) mass is 316 g/mol. The fourth-order valence-electron chi connectivity index (χ4n) is 2.96. The van der Waals surface area contributed by atoms with Crippen molar-refractivity contribution in [2.45, 2.75) is 30.1 Å². The number of benzene rings is 1. The van der Waals surface area contributed by atoms with E-state index in [2.05, 4.69) is 0 Å². The van der Waals surface area contributed by atoms with Crippen LogP contribution in [0.2, 0.25) is 0 Å². The lowest BCUT2D eigenvalue weighted by atomic mass is 9.72. The first-order chi connectivity index (χ1) is 9.22. The predicted molar refractivity (Wildman–Crippen MR) is 73.5 cm³/mol. The van der Waals surface area contributed by atoms with Crippen LogP contribution in [0, 0.1) is 18.8 Å². The maximum Gasteiger partial charge on any atom is 0.297 e. The van der Waals surface area contributed by atoms with Gasteiger partial charge in [0.05, 0.1) is 22.0 Å². The van der Waals surface area contributed by atoms with E-state index in [4.69, 9.17) is 4.18 Å². The Morgan fingerprint density at radius 1 is 1.20 bits per heavy atom. The molecule has 0 radical (unpaired) electrons. The second-order valence-corrected chi connectivity index (χ2v) is 9.42. The van der Waals surface area contributed by atoms with Crippen LogP contribution in [-0.4, -0.2) is 33.9 Å². The molecule has 2 fully saturated rings. The van der Waals surface area contributed by atoms with Crippen LogP contribution in [-0.2, 0) is 24.1 Å². The third kappa shape index (κ3) is 1.99. The van der Waals surface area contributed by atoms with Crippen molar-refractivity contribution in [1.29, 1.82) is 0 Å². The van der Waals surface area contributed by atoms with Crippen molar-refractivity contribution < 1.29 is 21.0 Å². The minimum atomic E-state index is -3.91. The van der Waals surface area contributed by atoms with Gasteiger partial charge in [-0.05, 0) is 30.9 Å². The molecular formula is C13H16O5S2. The van der Waals surface area contributed by atoms with Crippen molar-refractivity contribution in [2.75, 3.05) is 5.75 Å². The Kier molecular flexibility index (Phi) is 3.01. The Morgan fingerprint density at radius 2 is 1.80 bits per heavy atom. The summed E-state index contributed by atoms with van der Waals surface area (Å²) in [6, 6.07) is 6.31. The molecule has 0 aromatic heterocycles. The van der Waals surface area contributed by atoms with Crippen molar-refractivity contribution in [2.24, 2.45) is 11.8 Å². The van der Waals surface area contributed by atoms with Gasteiger partial charge in [0.1, 0.15) is 0 Å². The summed E-state index contributed by atoms with van der Waals surface area (Å²) in [7, 11) is -7.06. The SMILES string of the molecule is Cc1ccc(S(=O)(=O)O[C@H]2[C@H](C)[C@H]3CS(=O)(=O)[C@@H]32)cc1. The minimum absolute atomic E-state index is 0.0382. The van der Waals surface area contributed by atoms with Crippen LogP contribution in [0.1, 0.15) is 12.5 Å². The summed E-state index contributed by atoms with van der Waals surface area (Å²) < 4.78 is 52.8. The summed E-state index contributed by atoms with van der Waals surface area (Å²) in [5.41, 5.74) is 0.947. The van der Waals surface area contributed by atoms with E-state index >= 15 is 0 Å². The molecule has 5 nitrogen and oxygen atoms in total. The van der Waals surface area contributed by atoms with E-state index in [0.717, 1.165) is 5.56 Å². The molecule has 2 aliphatic rings. The second-order valence-electron chi connectivity index (χ2n) is 5.65. The smallest absolute Gasteiger partial charge is 0.261 e. The zero-order valence-electron chi connectivity index (χ0n) is 11.2. The number of fused-ring (bicyclic) bond motifs is 1. The van der Waals surface area contributed by atoms with Crippen molar-refractivity contribution in [1.82, 2.24) is 0 Å². The van der Waals surface area contributed by atoms with Gasteiger partial charge in [0, 0.05) is 0 Å². The van der Waals surface area contributed by atoms with E-state index in [-0.39, 0.29) is 22.5 Å². The number of aryl methyl sites for hydroxylation is 1. The molecule has 3 rings (SSSR count). The van der Waals surface area contributed by atoms with Gasteiger partial charge < -0.3 is 0 Å². The Labute approximate surface area is 119 Å². The molecule has 4 atom stereocenters. The van der Waals surface area contributed by atoms with Gasteiger partial charge in [0.2, 0.25) is 0 Å². The van der Waals surface area contributed by atoms with Crippen LogP contribution in [0.4, 0.5) is 0 Å². The van der Waals surface area contributed by atoms with Crippen LogP contribution in [0.3, 0.4) is 0 Å². The first-order valence-electron chi connectivity index (χ1n) is 6.44. The molecule has 1 aromatic rings. The zero-order chi connectivity index (χ0) is 14.7. The lowest BCUT2D eigenvalue weighted by molar-refractivity contribution is 0.00268. The van der Waals surface area contributed by atoms with E-state index in [0.29, 0.717) is 0 Å². The number of hydrogen-bond donors (Lipinski definition) is 0. The topological polar surface area (TPSA) is 77.5 Å². The summed E-state index contributed by atoms with van der Waals surface area (Å²) in [6.07, 6.45) is -0.745. The van der Waals surface area contributed by atoms with Crippen molar-refractivity contribution in [3.8, 4) is 0 Å². The van der Waals surface area contributed by atoms with Gasteiger partial charge in [-0.1, -0.05) is 24.6 Å². The normalized spacial score (nSPS) is 34.7. The Balaban J connectivity index is 1.82. The van der Waals surface area contributed by atoms with Gasteiger partial charge in [0.15, 0.2) is 9.84 Å². The van der Waals surface area contributed by atoms with E-state index in [9.17, 15) is 16.8 Å². The fourth-order valence-corrected chi connectivity index (χ4v) is 6.70. The van der Waals surface area contributed by atoms with Gasteiger partial charge in [-0.2, -0.15) is 8.42 Å². The van der Waals surface area contributed by atoms with Crippen molar-refractivity contribution in [3.05, 3.63) is 29.8 Å². The summed E-state index contributed by atoms with van der Waals surface area (Å²) in [4.78, 5) is 0.0653. The molecule has 0 unspecified atom stereocenters. The largest absolute Gasteiger partial charge is 0.297 e. The van der Waals surface area contributed by atoms with Gasteiger partial charge in [-0.3, -0.25) is 4.18 Å². The number of rotatable bonds is 3. The fraction of sp³-hybridized carbons (Fsp3) is 0.538. The number of hydrogen-bond acceptors (Lipinski definition) is 5. The molecule has 0 spiro atoms. The van der Waals surface area contributed by atoms with Gasteiger partial charge in [-0.25, -0.2) is 8.42 Å². The zero-order valence-corrected chi connectivity index (χ0v) is 12.8. The molecule has 110 valence electrons. The van der Waals surface area contributed by atoms with Crippen LogP contribution in [0.25, 0.3) is 0 Å². The highest BCUT2D eigenvalue weighted by atomic mass is 32.2. The highest BCUT2D eigenvalue weighted by molar-refractivity contribution is 7.93. The first-order valence-corrected chi connectivity index (χ1v) is 9.56. The van der Waals surface area contributed by atoms with E-state index in [1.807, 2.05) is 13.8 Å².